The SMILES string of the molecule is CCCCC(=O)Nc1nc(C)c(C(=O)O)s1. The smallest absolute Gasteiger partial charge is 0.347 e. The van der Waals surface area contributed by atoms with Crippen LogP contribution in [-0.4, -0.2) is 22.0 Å². The van der Waals surface area contributed by atoms with Crippen molar-refractivity contribution in [3.8, 4) is 0 Å². The summed E-state index contributed by atoms with van der Waals surface area (Å²) in [5.74, 6) is -1.13. The molecule has 0 radical (unpaired) electrons. The van der Waals surface area contributed by atoms with Crippen LogP contribution in [0, 0.1) is 6.92 Å². The first-order valence-corrected chi connectivity index (χ1v) is 5.86. The van der Waals surface area contributed by atoms with Crippen LogP contribution in [0.5, 0.6) is 0 Å². The van der Waals surface area contributed by atoms with Crippen LogP contribution in [0.1, 0.15) is 41.6 Å². The highest BCUT2D eigenvalue weighted by molar-refractivity contribution is 7.17. The average molecular weight is 242 g/mol. The normalized spacial score (nSPS) is 10.1. The molecule has 0 aromatic carbocycles. The van der Waals surface area contributed by atoms with E-state index < -0.39 is 5.97 Å². The molecule has 0 bridgehead atoms. The maximum Gasteiger partial charge on any atom is 0.347 e. The molecule has 1 aromatic heterocycles. The van der Waals surface area contributed by atoms with Crippen LogP contribution < -0.4 is 5.32 Å². The van der Waals surface area contributed by atoms with Gasteiger partial charge >= 0.3 is 5.97 Å². The Bertz CT molecular complexity index is 401. The molecule has 0 atom stereocenters. The Morgan fingerprint density at radius 3 is 2.69 bits per heavy atom. The Morgan fingerprint density at radius 1 is 1.50 bits per heavy atom. The predicted octanol–water partition coefficient (Wildman–Crippen LogP) is 2.28. The minimum atomic E-state index is -1.01. The second kappa shape index (κ2) is 5.60. The molecule has 1 amide bonds. The molecule has 1 aromatic rings. The molecule has 5 nitrogen and oxygen atoms in total. The summed E-state index contributed by atoms with van der Waals surface area (Å²) in [6, 6.07) is 0. The number of nitrogens with one attached hydrogen (secondary N) is 1. The highest BCUT2D eigenvalue weighted by Gasteiger charge is 2.14. The third-order valence-electron chi connectivity index (χ3n) is 1.99. The summed E-state index contributed by atoms with van der Waals surface area (Å²) in [5, 5.41) is 11.8. The lowest BCUT2D eigenvalue weighted by molar-refractivity contribution is -0.116. The van der Waals surface area contributed by atoms with Gasteiger partial charge in [-0.15, -0.1) is 0 Å². The van der Waals surface area contributed by atoms with E-state index in [-0.39, 0.29) is 10.8 Å². The summed E-state index contributed by atoms with van der Waals surface area (Å²) in [5.41, 5.74) is 0.434. The van der Waals surface area contributed by atoms with Gasteiger partial charge in [-0.25, -0.2) is 9.78 Å². The van der Waals surface area contributed by atoms with Gasteiger partial charge in [0.25, 0.3) is 0 Å². The van der Waals surface area contributed by atoms with E-state index in [1.807, 2.05) is 6.92 Å². The van der Waals surface area contributed by atoms with Gasteiger partial charge in [0.2, 0.25) is 5.91 Å². The minimum absolute atomic E-state index is 0.118. The van der Waals surface area contributed by atoms with E-state index in [2.05, 4.69) is 10.3 Å². The summed E-state index contributed by atoms with van der Waals surface area (Å²) in [4.78, 5) is 26.3. The van der Waals surface area contributed by atoms with Crippen LogP contribution in [0.25, 0.3) is 0 Å². The molecule has 0 saturated heterocycles. The topological polar surface area (TPSA) is 79.3 Å². The number of carbonyl (C=O) groups excluding carboxylic acids is 1. The van der Waals surface area contributed by atoms with Gasteiger partial charge in [0, 0.05) is 6.42 Å². The van der Waals surface area contributed by atoms with Gasteiger partial charge in [0.15, 0.2) is 5.13 Å². The van der Waals surface area contributed by atoms with Gasteiger partial charge in [-0.2, -0.15) is 0 Å². The van der Waals surface area contributed by atoms with E-state index in [0.717, 1.165) is 24.2 Å². The van der Waals surface area contributed by atoms with E-state index in [0.29, 0.717) is 17.2 Å². The second-order valence-electron chi connectivity index (χ2n) is 3.39. The Morgan fingerprint density at radius 2 is 2.19 bits per heavy atom. The van der Waals surface area contributed by atoms with Crippen molar-refractivity contribution in [2.45, 2.75) is 33.1 Å². The average Bonchev–Trinajstić information content (AvgIpc) is 2.56. The fourth-order valence-corrected chi connectivity index (χ4v) is 1.99. The molecule has 1 heterocycles. The maximum absolute atomic E-state index is 11.4. The minimum Gasteiger partial charge on any atom is -0.477 e. The van der Waals surface area contributed by atoms with Crippen LogP contribution in [0.3, 0.4) is 0 Å². The molecule has 1 rings (SSSR count). The number of nitrogens with zero attached hydrogens (tertiary/aromatic N) is 1. The van der Waals surface area contributed by atoms with Gasteiger partial charge in [-0.05, 0) is 13.3 Å². The van der Waals surface area contributed by atoms with Crippen LogP contribution in [0.2, 0.25) is 0 Å². The second-order valence-corrected chi connectivity index (χ2v) is 4.39. The molecular formula is C10H14N2O3S. The lowest BCUT2D eigenvalue weighted by atomic mass is 10.2. The number of aryl methyl sites for hydroxylation is 1. The van der Waals surface area contributed by atoms with E-state index >= 15 is 0 Å². The third kappa shape index (κ3) is 3.30. The van der Waals surface area contributed by atoms with Crippen LogP contribution >= 0.6 is 11.3 Å². The van der Waals surface area contributed by atoms with E-state index in [4.69, 9.17) is 5.11 Å². The summed E-state index contributed by atoms with van der Waals surface area (Å²) < 4.78 is 0. The number of hydrogen-bond acceptors (Lipinski definition) is 4. The van der Waals surface area contributed by atoms with Gasteiger partial charge in [0.1, 0.15) is 4.88 Å². The van der Waals surface area contributed by atoms with Crippen molar-refractivity contribution in [1.29, 1.82) is 0 Å². The third-order valence-corrected chi connectivity index (χ3v) is 3.06. The zero-order chi connectivity index (χ0) is 12.1. The van der Waals surface area contributed by atoms with Gasteiger partial charge in [0.05, 0.1) is 5.69 Å². The largest absolute Gasteiger partial charge is 0.477 e. The molecule has 0 saturated carbocycles. The number of aromatic nitrogens is 1. The monoisotopic (exact) mass is 242 g/mol. The van der Waals surface area contributed by atoms with Crippen molar-refractivity contribution >= 4 is 28.3 Å². The Labute approximate surface area is 97.5 Å². The first kappa shape index (κ1) is 12.6. The predicted molar refractivity (Wildman–Crippen MR) is 62.0 cm³/mol. The number of rotatable bonds is 5. The van der Waals surface area contributed by atoms with Crippen molar-refractivity contribution in [1.82, 2.24) is 4.98 Å². The first-order valence-electron chi connectivity index (χ1n) is 5.05. The molecule has 0 aliphatic carbocycles. The van der Waals surface area contributed by atoms with E-state index in [1.165, 1.54) is 0 Å². The quantitative estimate of drug-likeness (QED) is 0.830. The van der Waals surface area contributed by atoms with Gasteiger partial charge < -0.3 is 10.4 Å². The molecule has 6 heteroatoms. The van der Waals surface area contributed by atoms with Crippen LogP contribution in [-0.2, 0) is 4.79 Å². The summed E-state index contributed by atoms with van der Waals surface area (Å²) >= 11 is 0.987. The Kier molecular flexibility index (Phi) is 4.42. The number of thiazole rings is 1. The van der Waals surface area contributed by atoms with Gasteiger partial charge in [-0.1, -0.05) is 24.7 Å². The van der Waals surface area contributed by atoms with Crippen molar-refractivity contribution in [3.05, 3.63) is 10.6 Å². The first-order chi connectivity index (χ1) is 7.54. The highest BCUT2D eigenvalue weighted by atomic mass is 32.1. The lowest BCUT2D eigenvalue weighted by Gasteiger charge is -1.99. The zero-order valence-electron chi connectivity index (χ0n) is 9.24. The van der Waals surface area contributed by atoms with Crippen molar-refractivity contribution in [2.75, 3.05) is 5.32 Å². The molecule has 0 aliphatic rings. The Hall–Kier alpha value is -1.43. The molecule has 88 valence electrons. The standard InChI is InChI=1S/C10H14N2O3S/c1-3-4-5-7(13)12-10-11-6(2)8(16-10)9(14)15/h3-5H2,1-2H3,(H,14,15)(H,11,12,13). The summed E-state index contributed by atoms with van der Waals surface area (Å²) in [7, 11) is 0. The molecule has 2 N–H and O–H groups in total. The number of hydrogen-bond donors (Lipinski definition) is 2. The van der Waals surface area contributed by atoms with E-state index in [1.54, 1.807) is 6.92 Å². The molecule has 0 fully saturated rings. The molecule has 16 heavy (non-hydrogen) atoms. The molecule has 0 spiro atoms. The van der Waals surface area contributed by atoms with E-state index in [9.17, 15) is 9.59 Å². The van der Waals surface area contributed by atoms with Crippen molar-refractivity contribution in [2.24, 2.45) is 0 Å². The number of amides is 1. The number of unbranched alkanes of at least 4 members (excludes halogenated alkanes) is 1. The molecule has 0 aliphatic heterocycles. The maximum atomic E-state index is 11.4. The number of aromatic carboxylic acids is 1. The van der Waals surface area contributed by atoms with Crippen molar-refractivity contribution in [3.63, 3.8) is 0 Å². The fourth-order valence-electron chi connectivity index (χ4n) is 1.17. The summed E-state index contributed by atoms with van der Waals surface area (Å²) in [6.45, 7) is 3.62. The number of carbonyl (C=O) groups is 2. The zero-order valence-corrected chi connectivity index (χ0v) is 10.1. The lowest BCUT2D eigenvalue weighted by Crippen LogP contribution is -2.10. The molecule has 0 unspecified atom stereocenters. The number of carboxylic acids is 1. The number of carboxylic acid groups (broad SMARTS) is 1. The van der Waals surface area contributed by atoms with Gasteiger partial charge in [-0.3, -0.25) is 4.79 Å². The summed E-state index contributed by atoms with van der Waals surface area (Å²) in [6.07, 6.45) is 2.21. The van der Waals surface area contributed by atoms with Crippen LogP contribution in [0.15, 0.2) is 0 Å². The highest BCUT2D eigenvalue weighted by Crippen LogP contribution is 2.22. The fraction of sp³-hybridized carbons (Fsp3) is 0.500. The Balaban J connectivity index is 2.64. The number of anilines is 1. The van der Waals surface area contributed by atoms with Crippen LogP contribution in [0.4, 0.5) is 5.13 Å². The van der Waals surface area contributed by atoms with Crippen molar-refractivity contribution < 1.29 is 14.7 Å². The molecular weight excluding hydrogens is 228 g/mol.